The van der Waals surface area contributed by atoms with Gasteiger partial charge in [0.25, 0.3) is 5.91 Å². The first kappa shape index (κ1) is 24.4. The van der Waals surface area contributed by atoms with E-state index in [4.69, 9.17) is 0 Å². The number of likely N-dealkylation sites (N-methyl/N-ethyl adjacent to an activating group) is 1. The maximum Gasteiger partial charge on any atom is 0.305 e. The Hall–Kier alpha value is -1.88. The third-order valence-electron chi connectivity index (χ3n) is 6.33. The molecule has 5 nitrogen and oxygen atoms in total. The van der Waals surface area contributed by atoms with Crippen molar-refractivity contribution in [2.75, 3.05) is 27.2 Å². The zero-order valence-electron chi connectivity index (χ0n) is 19.2. The number of carbonyl (C=O) groups is 2. The van der Waals surface area contributed by atoms with Gasteiger partial charge in [-0.2, -0.15) is 0 Å². The van der Waals surface area contributed by atoms with Gasteiger partial charge >= 0.3 is 5.97 Å². The summed E-state index contributed by atoms with van der Waals surface area (Å²) < 4.78 is 0.727. The number of unbranched alkanes of at least 4 members (excludes halogenated alkanes) is 7. The molecule has 1 unspecified atom stereocenters. The van der Waals surface area contributed by atoms with E-state index in [1.54, 1.807) is 0 Å². The molecule has 30 heavy (non-hydrogen) atoms. The highest BCUT2D eigenvalue weighted by atomic mass is 16.4. The minimum absolute atomic E-state index is 0.0308. The second-order valence-corrected chi connectivity index (χ2v) is 9.79. The fourth-order valence-corrected chi connectivity index (χ4v) is 4.67. The van der Waals surface area contributed by atoms with Crippen LogP contribution in [0.3, 0.4) is 0 Å². The number of nitrogens with one attached hydrogen (secondary N) is 1. The zero-order valence-corrected chi connectivity index (χ0v) is 19.2. The molecule has 2 N–H and O–H groups in total. The van der Waals surface area contributed by atoms with Crippen molar-refractivity contribution in [3.8, 4) is 0 Å². The second-order valence-electron chi connectivity index (χ2n) is 9.79. The molecule has 0 bridgehead atoms. The number of carboxylic acids is 1. The van der Waals surface area contributed by atoms with Gasteiger partial charge in [-0.05, 0) is 30.5 Å². The first-order valence-corrected chi connectivity index (χ1v) is 11.7. The molecular weight excluding hydrogens is 376 g/mol. The van der Waals surface area contributed by atoms with Crippen molar-refractivity contribution in [2.45, 2.75) is 83.1 Å². The van der Waals surface area contributed by atoms with E-state index in [0.29, 0.717) is 18.5 Å². The fraction of sp³-hybridized carbons (Fsp3) is 0.680. The van der Waals surface area contributed by atoms with E-state index in [-0.39, 0.29) is 12.3 Å². The number of hydrogen-bond donors (Lipinski definition) is 2. The van der Waals surface area contributed by atoms with E-state index in [1.165, 1.54) is 56.9 Å². The van der Waals surface area contributed by atoms with Crippen LogP contribution >= 0.6 is 0 Å². The van der Waals surface area contributed by atoms with Gasteiger partial charge in [-0.3, -0.25) is 9.59 Å². The summed E-state index contributed by atoms with van der Waals surface area (Å²) in [5.74, 6) is -1.03. The lowest BCUT2D eigenvalue weighted by atomic mass is 9.93. The molecule has 1 amide bonds. The summed E-state index contributed by atoms with van der Waals surface area (Å²) in [6.07, 6.45) is 12.2. The lowest BCUT2D eigenvalue weighted by Gasteiger charge is -2.30. The van der Waals surface area contributed by atoms with Gasteiger partial charge in [0.15, 0.2) is 0 Å². The van der Waals surface area contributed by atoms with Crippen LogP contribution in [0, 0.1) is 0 Å². The lowest BCUT2D eigenvalue weighted by Crippen LogP contribution is -2.54. The van der Waals surface area contributed by atoms with Gasteiger partial charge in [0.05, 0.1) is 27.1 Å². The van der Waals surface area contributed by atoms with Gasteiger partial charge in [0.1, 0.15) is 12.1 Å². The van der Waals surface area contributed by atoms with Gasteiger partial charge in [-0.15, -0.1) is 0 Å². The number of likely N-dealkylation sites (tertiary alicyclic amines) is 1. The number of nitrogens with zero attached hydrogens (tertiary/aromatic N) is 1. The van der Waals surface area contributed by atoms with Crippen molar-refractivity contribution in [1.29, 1.82) is 0 Å². The number of rotatable bonds is 13. The van der Waals surface area contributed by atoms with Crippen molar-refractivity contribution in [1.82, 2.24) is 5.32 Å². The Morgan fingerprint density at radius 2 is 1.60 bits per heavy atom. The standard InChI is InChI=1S/C25H40N2O3/c1-4-5-6-7-8-9-10-11-12-21-13-15-22(16-14-21)24(30)26-25(19-23(28)29)17-18-27(2,3)20-25/h13-16H,4-12,17-20H2,1-3H3,(H-,26,28,29,30)/p+1. The molecule has 1 aromatic carbocycles. The van der Waals surface area contributed by atoms with Crippen LogP contribution in [0.5, 0.6) is 0 Å². The Morgan fingerprint density at radius 1 is 1.00 bits per heavy atom. The molecule has 5 heteroatoms. The van der Waals surface area contributed by atoms with Crippen LogP contribution in [-0.4, -0.2) is 54.2 Å². The third kappa shape index (κ3) is 8.10. The molecule has 0 saturated carbocycles. The number of hydrogen-bond acceptors (Lipinski definition) is 2. The number of amides is 1. The van der Waals surface area contributed by atoms with Crippen LogP contribution in [0.15, 0.2) is 24.3 Å². The summed E-state index contributed by atoms with van der Waals surface area (Å²) in [6.45, 7) is 3.75. The van der Waals surface area contributed by atoms with E-state index in [0.717, 1.165) is 17.4 Å². The Labute approximate surface area is 182 Å². The Kier molecular flexibility index (Phi) is 9.35. The van der Waals surface area contributed by atoms with E-state index in [2.05, 4.69) is 26.3 Å². The molecule has 1 atom stereocenters. The van der Waals surface area contributed by atoms with E-state index < -0.39 is 11.5 Å². The summed E-state index contributed by atoms with van der Waals surface area (Å²) in [5.41, 5.74) is 1.20. The van der Waals surface area contributed by atoms with Gasteiger partial charge in [-0.25, -0.2) is 0 Å². The zero-order chi connectivity index (χ0) is 22.0. The molecule has 1 saturated heterocycles. The summed E-state index contributed by atoms with van der Waals surface area (Å²) >= 11 is 0. The average Bonchev–Trinajstić information content (AvgIpc) is 2.97. The van der Waals surface area contributed by atoms with E-state index >= 15 is 0 Å². The van der Waals surface area contributed by atoms with Crippen LogP contribution in [0.1, 0.15) is 87.1 Å². The summed E-state index contributed by atoms with van der Waals surface area (Å²) in [7, 11) is 4.16. The summed E-state index contributed by atoms with van der Waals surface area (Å²) in [6, 6.07) is 7.82. The number of carbonyl (C=O) groups excluding carboxylic acids is 1. The predicted octanol–water partition coefficient (Wildman–Crippen LogP) is 4.79. The minimum atomic E-state index is -0.863. The molecule has 0 aromatic heterocycles. The van der Waals surface area contributed by atoms with Crippen LogP contribution in [0.4, 0.5) is 0 Å². The van der Waals surface area contributed by atoms with Crippen molar-refractivity contribution in [3.63, 3.8) is 0 Å². The normalized spacial score (nSPS) is 20.2. The maximum atomic E-state index is 12.8. The van der Waals surface area contributed by atoms with Gasteiger partial charge in [-0.1, -0.05) is 64.0 Å². The highest BCUT2D eigenvalue weighted by Crippen LogP contribution is 2.28. The minimum Gasteiger partial charge on any atom is -0.481 e. The van der Waals surface area contributed by atoms with Crippen molar-refractivity contribution < 1.29 is 19.2 Å². The third-order valence-corrected chi connectivity index (χ3v) is 6.33. The Morgan fingerprint density at radius 3 is 2.13 bits per heavy atom. The molecule has 1 aliphatic rings. The summed E-state index contributed by atoms with van der Waals surface area (Å²) in [4.78, 5) is 24.2. The molecule has 1 aliphatic heterocycles. The molecule has 1 fully saturated rings. The largest absolute Gasteiger partial charge is 0.481 e. The SMILES string of the molecule is CCCCCCCCCCc1ccc(C(=O)NC2(CC(=O)O)CC[N+](C)(C)C2)cc1. The first-order valence-electron chi connectivity index (χ1n) is 11.7. The second kappa shape index (κ2) is 11.5. The number of carboxylic acid groups (broad SMARTS) is 1. The first-order chi connectivity index (χ1) is 14.3. The molecular formula is C25H41N2O3+. The molecule has 1 heterocycles. The highest BCUT2D eigenvalue weighted by Gasteiger charge is 2.47. The molecule has 1 aromatic rings. The highest BCUT2D eigenvalue weighted by molar-refractivity contribution is 5.95. The molecule has 0 aliphatic carbocycles. The molecule has 2 rings (SSSR count). The maximum absolute atomic E-state index is 12.8. The molecule has 0 spiro atoms. The predicted molar refractivity (Wildman–Crippen MR) is 122 cm³/mol. The van der Waals surface area contributed by atoms with Gasteiger partial charge in [0, 0.05) is 12.0 Å². The van der Waals surface area contributed by atoms with Gasteiger partial charge < -0.3 is 14.9 Å². The Bertz CT molecular complexity index is 684. The van der Waals surface area contributed by atoms with E-state index in [1.807, 2.05) is 24.3 Å². The van der Waals surface area contributed by atoms with Crippen LogP contribution in [-0.2, 0) is 11.2 Å². The number of benzene rings is 1. The number of aryl methyl sites for hydroxylation is 1. The topological polar surface area (TPSA) is 66.4 Å². The quantitative estimate of drug-likeness (QED) is 0.358. The fourth-order valence-electron chi connectivity index (χ4n) is 4.67. The van der Waals surface area contributed by atoms with Crippen LogP contribution in [0.25, 0.3) is 0 Å². The number of aliphatic carboxylic acids is 1. The van der Waals surface area contributed by atoms with Crippen molar-refractivity contribution >= 4 is 11.9 Å². The smallest absolute Gasteiger partial charge is 0.305 e. The molecule has 0 radical (unpaired) electrons. The average molecular weight is 418 g/mol. The van der Waals surface area contributed by atoms with Crippen LogP contribution in [0.2, 0.25) is 0 Å². The molecule has 168 valence electrons. The van der Waals surface area contributed by atoms with Crippen molar-refractivity contribution in [3.05, 3.63) is 35.4 Å². The summed E-state index contributed by atoms with van der Waals surface area (Å²) in [5, 5.41) is 12.4. The lowest BCUT2D eigenvalue weighted by molar-refractivity contribution is -0.879. The number of quaternary nitrogens is 1. The van der Waals surface area contributed by atoms with Crippen LogP contribution < -0.4 is 5.32 Å². The monoisotopic (exact) mass is 417 g/mol. The Balaban J connectivity index is 1.80. The van der Waals surface area contributed by atoms with Gasteiger partial charge in [0.2, 0.25) is 0 Å². The van der Waals surface area contributed by atoms with E-state index in [9.17, 15) is 14.7 Å². The van der Waals surface area contributed by atoms with Crippen molar-refractivity contribution in [2.24, 2.45) is 0 Å².